The van der Waals surface area contributed by atoms with Gasteiger partial charge < -0.3 is 9.26 Å². The highest BCUT2D eigenvalue weighted by Crippen LogP contribution is 2.42. The Balaban J connectivity index is 1.93. The minimum Gasteiger partial charge on any atom is -0.370 e. The van der Waals surface area contributed by atoms with Crippen LogP contribution in [0.5, 0.6) is 0 Å². The first-order chi connectivity index (χ1) is 8.35. The second-order valence-electron chi connectivity index (χ2n) is 3.91. The van der Waals surface area contributed by atoms with Crippen LogP contribution in [0, 0.1) is 17.2 Å². The van der Waals surface area contributed by atoms with Crippen LogP contribution < -0.4 is 0 Å². The van der Waals surface area contributed by atoms with Crippen molar-refractivity contribution in [3.05, 3.63) is 11.7 Å². The summed E-state index contributed by atoms with van der Waals surface area (Å²) >= 11 is 1.47. The van der Waals surface area contributed by atoms with Crippen LogP contribution in [0.3, 0.4) is 0 Å². The SMILES string of the molecule is CCOC(c1noc(CSCC#N)n1)C1CC1. The highest BCUT2D eigenvalue weighted by molar-refractivity contribution is 7.98. The first-order valence-electron chi connectivity index (χ1n) is 5.74. The summed E-state index contributed by atoms with van der Waals surface area (Å²) < 4.78 is 10.8. The monoisotopic (exact) mass is 253 g/mol. The Hall–Kier alpha value is -1.06. The largest absolute Gasteiger partial charge is 0.370 e. The molecule has 0 N–H and O–H groups in total. The number of nitrogens with zero attached hydrogens (tertiary/aromatic N) is 3. The molecule has 1 heterocycles. The minimum atomic E-state index is -0.0153. The molecular formula is C11H15N3O2S. The maximum absolute atomic E-state index is 8.43. The molecule has 0 bridgehead atoms. The molecule has 1 atom stereocenters. The summed E-state index contributed by atoms with van der Waals surface area (Å²) in [7, 11) is 0. The van der Waals surface area contributed by atoms with Crippen LogP contribution in [0.4, 0.5) is 0 Å². The molecule has 92 valence electrons. The van der Waals surface area contributed by atoms with Gasteiger partial charge in [-0.3, -0.25) is 0 Å². The van der Waals surface area contributed by atoms with E-state index in [4.69, 9.17) is 14.5 Å². The number of nitriles is 1. The van der Waals surface area contributed by atoms with Gasteiger partial charge in [-0.25, -0.2) is 0 Å². The van der Waals surface area contributed by atoms with E-state index in [2.05, 4.69) is 16.2 Å². The lowest BCUT2D eigenvalue weighted by atomic mass is 10.2. The zero-order valence-corrected chi connectivity index (χ0v) is 10.6. The smallest absolute Gasteiger partial charge is 0.236 e. The van der Waals surface area contributed by atoms with Gasteiger partial charge in [-0.15, -0.1) is 11.8 Å². The molecule has 0 spiro atoms. The molecule has 0 aromatic carbocycles. The lowest BCUT2D eigenvalue weighted by molar-refractivity contribution is 0.0384. The maximum Gasteiger partial charge on any atom is 0.236 e. The van der Waals surface area contributed by atoms with E-state index in [0.29, 0.717) is 35.7 Å². The van der Waals surface area contributed by atoms with E-state index >= 15 is 0 Å². The summed E-state index contributed by atoms with van der Waals surface area (Å²) in [5.74, 6) is 2.80. The molecule has 1 aliphatic rings. The van der Waals surface area contributed by atoms with Crippen LogP contribution in [-0.2, 0) is 10.5 Å². The van der Waals surface area contributed by atoms with Crippen molar-refractivity contribution in [3.8, 4) is 6.07 Å². The van der Waals surface area contributed by atoms with Gasteiger partial charge in [0.05, 0.1) is 17.6 Å². The lowest BCUT2D eigenvalue weighted by Gasteiger charge is -2.10. The van der Waals surface area contributed by atoms with Crippen molar-refractivity contribution < 1.29 is 9.26 Å². The number of hydrogen-bond donors (Lipinski definition) is 0. The molecule has 5 nitrogen and oxygen atoms in total. The maximum atomic E-state index is 8.43. The van der Waals surface area contributed by atoms with E-state index < -0.39 is 0 Å². The fourth-order valence-corrected chi connectivity index (χ4v) is 2.11. The van der Waals surface area contributed by atoms with Crippen molar-refractivity contribution in [1.82, 2.24) is 10.1 Å². The first kappa shape index (κ1) is 12.4. The predicted molar refractivity (Wildman–Crippen MR) is 63.2 cm³/mol. The molecule has 1 unspecified atom stereocenters. The number of hydrogen-bond acceptors (Lipinski definition) is 6. The minimum absolute atomic E-state index is 0.0153. The van der Waals surface area contributed by atoms with Crippen LogP contribution in [0.2, 0.25) is 0 Å². The van der Waals surface area contributed by atoms with Gasteiger partial charge in [0.15, 0.2) is 0 Å². The fraction of sp³-hybridized carbons (Fsp3) is 0.727. The standard InChI is InChI=1S/C11H15N3O2S/c1-2-15-10(8-3-4-8)11-13-9(16-14-11)7-17-6-5-12/h8,10H,2-4,6-7H2,1H3. The van der Waals surface area contributed by atoms with Crippen molar-refractivity contribution in [3.63, 3.8) is 0 Å². The number of aromatic nitrogens is 2. The van der Waals surface area contributed by atoms with Crippen LogP contribution in [0.15, 0.2) is 4.52 Å². The number of rotatable bonds is 7. The summed E-state index contributed by atoms with van der Waals surface area (Å²) in [5, 5.41) is 12.4. The van der Waals surface area contributed by atoms with Crippen LogP contribution in [-0.4, -0.2) is 22.5 Å². The molecule has 17 heavy (non-hydrogen) atoms. The normalized spacial score (nSPS) is 16.7. The van der Waals surface area contributed by atoms with Gasteiger partial charge in [-0.2, -0.15) is 10.2 Å². The third kappa shape index (κ3) is 3.45. The molecule has 0 aliphatic heterocycles. The average molecular weight is 253 g/mol. The molecule has 1 aromatic heterocycles. The third-order valence-corrected chi connectivity index (χ3v) is 3.31. The Morgan fingerprint density at radius 1 is 1.65 bits per heavy atom. The summed E-state index contributed by atoms with van der Waals surface area (Å²) in [6, 6.07) is 2.06. The van der Waals surface area contributed by atoms with Gasteiger partial charge in [-0.05, 0) is 25.7 Å². The van der Waals surface area contributed by atoms with Crippen molar-refractivity contribution >= 4 is 11.8 Å². The molecule has 1 fully saturated rings. The zero-order valence-electron chi connectivity index (χ0n) is 9.76. The summed E-state index contributed by atoms with van der Waals surface area (Å²) in [5.41, 5.74) is 0. The van der Waals surface area contributed by atoms with Crippen LogP contribution in [0.1, 0.15) is 37.6 Å². The average Bonchev–Trinajstić information content (AvgIpc) is 3.06. The molecule has 0 saturated heterocycles. The summed E-state index contributed by atoms with van der Waals surface area (Å²) in [6.07, 6.45) is 2.34. The first-order valence-corrected chi connectivity index (χ1v) is 6.89. The van der Waals surface area contributed by atoms with Crippen molar-refractivity contribution in [1.29, 1.82) is 5.26 Å². The Labute approximate surface area is 105 Å². The van der Waals surface area contributed by atoms with Crippen molar-refractivity contribution in [2.24, 2.45) is 5.92 Å². The van der Waals surface area contributed by atoms with Gasteiger partial charge in [-0.1, -0.05) is 5.16 Å². The van der Waals surface area contributed by atoms with Crippen molar-refractivity contribution in [2.45, 2.75) is 31.6 Å². The molecule has 1 aromatic rings. The molecule has 0 radical (unpaired) electrons. The van der Waals surface area contributed by atoms with Crippen LogP contribution >= 0.6 is 11.8 Å². The van der Waals surface area contributed by atoms with Gasteiger partial charge in [0, 0.05) is 6.61 Å². The lowest BCUT2D eigenvalue weighted by Crippen LogP contribution is -2.08. The molecule has 2 rings (SSSR count). The topological polar surface area (TPSA) is 71.9 Å². The number of ether oxygens (including phenoxy) is 1. The Bertz CT molecular complexity index is 398. The quantitative estimate of drug-likeness (QED) is 0.694. The van der Waals surface area contributed by atoms with Crippen molar-refractivity contribution in [2.75, 3.05) is 12.4 Å². The van der Waals surface area contributed by atoms with E-state index in [-0.39, 0.29) is 6.10 Å². The molecule has 6 heteroatoms. The van der Waals surface area contributed by atoms with E-state index in [1.807, 2.05) is 6.92 Å². The Kier molecular flexibility index (Phi) is 4.40. The van der Waals surface area contributed by atoms with E-state index in [1.54, 1.807) is 0 Å². The number of thioether (sulfide) groups is 1. The second kappa shape index (κ2) is 6.03. The molecular weight excluding hydrogens is 238 g/mol. The fourth-order valence-electron chi connectivity index (χ4n) is 1.63. The van der Waals surface area contributed by atoms with Gasteiger partial charge in [0.1, 0.15) is 6.10 Å². The van der Waals surface area contributed by atoms with E-state index in [1.165, 1.54) is 24.6 Å². The molecule has 1 saturated carbocycles. The van der Waals surface area contributed by atoms with Gasteiger partial charge in [0.25, 0.3) is 0 Å². The van der Waals surface area contributed by atoms with Gasteiger partial charge >= 0.3 is 0 Å². The highest BCUT2D eigenvalue weighted by atomic mass is 32.2. The second-order valence-corrected chi connectivity index (χ2v) is 4.90. The highest BCUT2D eigenvalue weighted by Gasteiger charge is 2.36. The zero-order chi connectivity index (χ0) is 12.1. The van der Waals surface area contributed by atoms with E-state index in [0.717, 1.165) is 0 Å². The molecule has 1 aliphatic carbocycles. The van der Waals surface area contributed by atoms with Gasteiger partial charge in [0.2, 0.25) is 11.7 Å². The Morgan fingerprint density at radius 2 is 2.47 bits per heavy atom. The third-order valence-electron chi connectivity index (χ3n) is 2.53. The van der Waals surface area contributed by atoms with Crippen LogP contribution in [0.25, 0.3) is 0 Å². The summed E-state index contributed by atoms with van der Waals surface area (Å²) in [4.78, 5) is 4.33. The summed E-state index contributed by atoms with van der Waals surface area (Å²) in [6.45, 7) is 2.63. The molecule has 0 amide bonds. The predicted octanol–water partition coefficient (Wildman–Crippen LogP) is 2.31. The Morgan fingerprint density at radius 3 is 3.12 bits per heavy atom. The van der Waals surface area contributed by atoms with E-state index in [9.17, 15) is 0 Å².